The molecule has 0 unspecified atom stereocenters. The van der Waals surface area contributed by atoms with Crippen molar-refractivity contribution in [3.05, 3.63) is 30.3 Å². The molecule has 1 aromatic carbocycles. The van der Waals surface area contributed by atoms with Gasteiger partial charge in [-0.05, 0) is 12.1 Å². The highest BCUT2D eigenvalue weighted by atomic mass is 16.2. The van der Waals surface area contributed by atoms with E-state index in [1.807, 2.05) is 6.07 Å². The number of aliphatic hydroxyl groups is 1. The monoisotopic (exact) mass is 168 g/mol. The number of quaternary nitrogens is 1. The van der Waals surface area contributed by atoms with Gasteiger partial charge in [-0.1, -0.05) is 18.2 Å². The highest BCUT2D eigenvalue weighted by molar-refractivity contribution is 5.40. The zero-order chi connectivity index (χ0) is 9.61. The van der Waals surface area contributed by atoms with Crippen LogP contribution in [0.25, 0.3) is 0 Å². The maximum absolute atomic E-state index is 7.00. The molecule has 0 aromatic heterocycles. The summed E-state index contributed by atoms with van der Waals surface area (Å²) in [7, 11) is 7.49. The lowest BCUT2D eigenvalue weighted by molar-refractivity contribution is 0.399. The summed E-state index contributed by atoms with van der Waals surface area (Å²) in [6.07, 6.45) is 0. The van der Waals surface area contributed by atoms with Gasteiger partial charge in [0.05, 0.1) is 21.1 Å². The van der Waals surface area contributed by atoms with Gasteiger partial charge < -0.3 is 5.11 Å². The largest absolute Gasteiger partial charge is 0.400 e. The van der Waals surface area contributed by atoms with E-state index in [-0.39, 0.29) is 0 Å². The lowest BCUT2D eigenvalue weighted by Gasteiger charge is -2.22. The molecule has 2 heteroatoms. The second-order valence-electron chi connectivity index (χ2n) is 3.35. The summed E-state index contributed by atoms with van der Waals surface area (Å²) < 4.78 is 0.890. The first-order valence-corrected chi connectivity index (χ1v) is 3.92. The second-order valence-corrected chi connectivity index (χ2v) is 3.35. The Morgan fingerprint density at radius 1 is 0.917 bits per heavy atom. The summed E-state index contributed by atoms with van der Waals surface area (Å²) >= 11 is 0. The quantitative estimate of drug-likeness (QED) is 0.630. The molecule has 0 aliphatic rings. The molecule has 2 nitrogen and oxygen atoms in total. The minimum atomic E-state index is 0.890. The van der Waals surface area contributed by atoms with Crippen LogP contribution in [0.3, 0.4) is 0 Å². The van der Waals surface area contributed by atoms with Gasteiger partial charge in [-0.3, -0.25) is 4.48 Å². The number of hydrogen-bond donors (Lipinski definition) is 1. The van der Waals surface area contributed by atoms with Crippen molar-refractivity contribution in [1.29, 1.82) is 0 Å². The average molecular weight is 168 g/mol. The smallest absolute Gasteiger partial charge is 0.132 e. The highest BCUT2D eigenvalue weighted by Crippen LogP contribution is 2.14. The third kappa shape index (κ3) is 3.51. The molecule has 1 rings (SSSR count). The molecule has 0 saturated carbocycles. The normalized spacial score (nSPS) is 10.1. The maximum Gasteiger partial charge on any atom is 0.132 e. The molecule has 0 spiro atoms. The van der Waals surface area contributed by atoms with Gasteiger partial charge in [0, 0.05) is 7.11 Å². The third-order valence-electron chi connectivity index (χ3n) is 1.53. The number of hydrogen-bond acceptors (Lipinski definition) is 1. The molecule has 68 valence electrons. The standard InChI is InChI=1S/C9H14N.CH4O/c1-10(2,3)9-7-5-4-6-8-9;1-2/h4-8H,1-3H3;2H,1H3/q+1;. The van der Waals surface area contributed by atoms with E-state index in [1.54, 1.807) is 0 Å². The van der Waals surface area contributed by atoms with E-state index in [1.165, 1.54) is 5.69 Å². The van der Waals surface area contributed by atoms with E-state index < -0.39 is 0 Å². The van der Waals surface area contributed by atoms with Crippen molar-refractivity contribution in [3.63, 3.8) is 0 Å². The molecule has 0 aliphatic carbocycles. The Bertz CT molecular complexity index is 201. The predicted octanol–water partition coefficient (Wildman–Crippen LogP) is 1.49. The van der Waals surface area contributed by atoms with E-state index >= 15 is 0 Å². The number of benzene rings is 1. The molecule has 0 aliphatic heterocycles. The van der Waals surface area contributed by atoms with Gasteiger partial charge in [0.25, 0.3) is 0 Å². The Hall–Kier alpha value is -0.860. The third-order valence-corrected chi connectivity index (χ3v) is 1.53. The fourth-order valence-corrected chi connectivity index (χ4v) is 0.875. The van der Waals surface area contributed by atoms with Crippen molar-refractivity contribution in [2.75, 3.05) is 28.3 Å². The Balaban J connectivity index is 0.000000561. The summed E-state index contributed by atoms with van der Waals surface area (Å²) in [5.74, 6) is 0. The van der Waals surface area contributed by atoms with Crippen LogP contribution < -0.4 is 4.48 Å². The van der Waals surface area contributed by atoms with E-state index in [2.05, 4.69) is 45.4 Å². The van der Waals surface area contributed by atoms with Crippen molar-refractivity contribution >= 4 is 5.69 Å². The van der Waals surface area contributed by atoms with Crippen molar-refractivity contribution in [1.82, 2.24) is 4.48 Å². The fraction of sp³-hybridized carbons (Fsp3) is 0.400. The Morgan fingerprint density at radius 3 is 1.58 bits per heavy atom. The minimum Gasteiger partial charge on any atom is -0.400 e. The SMILES string of the molecule is CO.C[N+](C)(C)c1ccccc1. The molecular weight excluding hydrogens is 150 g/mol. The van der Waals surface area contributed by atoms with Crippen molar-refractivity contribution in [2.45, 2.75) is 0 Å². The van der Waals surface area contributed by atoms with Crippen LogP contribution in [0.15, 0.2) is 30.3 Å². The van der Waals surface area contributed by atoms with Crippen LogP contribution in [-0.4, -0.2) is 33.4 Å². The zero-order valence-electron chi connectivity index (χ0n) is 8.28. The highest BCUT2D eigenvalue weighted by Gasteiger charge is 2.08. The Kier molecular flexibility index (Phi) is 4.55. The van der Waals surface area contributed by atoms with Gasteiger partial charge in [0.1, 0.15) is 5.69 Å². The molecule has 1 aromatic rings. The number of nitrogens with zero attached hydrogens (tertiary/aromatic N) is 1. The molecule has 12 heavy (non-hydrogen) atoms. The second kappa shape index (κ2) is 4.91. The van der Waals surface area contributed by atoms with Gasteiger partial charge in [-0.15, -0.1) is 0 Å². The van der Waals surface area contributed by atoms with Crippen molar-refractivity contribution < 1.29 is 5.11 Å². The van der Waals surface area contributed by atoms with Crippen LogP contribution in [-0.2, 0) is 0 Å². The topological polar surface area (TPSA) is 20.2 Å². The lowest BCUT2D eigenvalue weighted by Crippen LogP contribution is -2.34. The van der Waals surface area contributed by atoms with E-state index in [9.17, 15) is 0 Å². The predicted molar refractivity (Wildman–Crippen MR) is 54.2 cm³/mol. The van der Waals surface area contributed by atoms with Gasteiger partial charge >= 0.3 is 0 Å². The summed E-state index contributed by atoms with van der Waals surface area (Å²) in [5.41, 5.74) is 1.34. The van der Waals surface area contributed by atoms with Crippen LogP contribution in [0.4, 0.5) is 5.69 Å². The van der Waals surface area contributed by atoms with Gasteiger partial charge in [0.2, 0.25) is 0 Å². The molecule has 0 bridgehead atoms. The van der Waals surface area contributed by atoms with Gasteiger partial charge in [-0.2, -0.15) is 0 Å². The van der Waals surface area contributed by atoms with E-state index in [0.29, 0.717) is 0 Å². The number of para-hydroxylation sites is 1. The summed E-state index contributed by atoms with van der Waals surface area (Å²) in [5, 5.41) is 7.00. The molecule has 0 amide bonds. The average Bonchev–Trinajstić information content (AvgIpc) is 2.08. The number of aliphatic hydroxyl groups excluding tert-OH is 1. The van der Waals surface area contributed by atoms with Gasteiger partial charge in [-0.25, -0.2) is 0 Å². The lowest BCUT2D eigenvalue weighted by atomic mass is 10.3. The first kappa shape index (κ1) is 11.1. The van der Waals surface area contributed by atoms with Crippen LogP contribution in [0, 0.1) is 0 Å². The first-order chi connectivity index (χ1) is 5.61. The first-order valence-electron chi connectivity index (χ1n) is 3.92. The van der Waals surface area contributed by atoms with Crippen LogP contribution >= 0.6 is 0 Å². The summed E-state index contributed by atoms with van der Waals surface area (Å²) in [6.45, 7) is 0. The number of rotatable bonds is 1. The molecule has 0 radical (unpaired) electrons. The van der Waals surface area contributed by atoms with Crippen molar-refractivity contribution in [3.8, 4) is 0 Å². The van der Waals surface area contributed by atoms with E-state index in [0.717, 1.165) is 11.6 Å². The van der Waals surface area contributed by atoms with Gasteiger partial charge in [0.15, 0.2) is 0 Å². The molecule has 0 fully saturated rings. The maximum atomic E-state index is 7.00. The summed E-state index contributed by atoms with van der Waals surface area (Å²) in [4.78, 5) is 0. The molecule has 1 N–H and O–H groups in total. The molecular formula is C10H18NO+. The fourth-order valence-electron chi connectivity index (χ4n) is 0.875. The Morgan fingerprint density at radius 2 is 1.33 bits per heavy atom. The minimum absolute atomic E-state index is 0.890. The molecule has 0 heterocycles. The van der Waals surface area contributed by atoms with Crippen LogP contribution in [0.1, 0.15) is 0 Å². The van der Waals surface area contributed by atoms with Crippen LogP contribution in [0.5, 0.6) is 0 Å². The summed E-state index contributed by atoms with van der Waals surface area (Å²) in [6, 6.07) is 10.5. The van der Waals surface area contributed by atoms with Crippen molar-refractivity contribution in [2.24, 2.45) is 0 Å². The molecule has 0 atom stereocenters. The molecule has 0 saturated heterocycles. The van der Waals surface area contributed by atoms with E-state index in [4.69, 9.17) is 5.11 Å². The Labute approximate surface area is 74.7 Å². The zero-order valence-corrected chi connectivity index (χ0v) is 8.28. The van der Waals surface area contributed by atoms with Crippen LogP contribution in [0.2, 0.25) is 0 Å².